The molecular formula is C10H11BrN2O4. The molecule has 0 unspecified atom stereocenters. The molecule has 2 amide bonds. The largest absolute Gasteiger partial charge is 0.497 e. The number of carbonyl (C=O) groups is 2. The molecule has 0 spiro atoms. The zero-order valence-corrected chi connectivity index (χ0v) is 10.6. The fourth-order valence-electron chi connectivity index (χ4n) is 1.03. The second kappa shape index (κ2) is 6.21. The van der Waals surface area contributed by atoms with Crippen LogP contribution in [-0.4, -0.2) is 25.5 Å². The maximum absolute atomic E-state index is 11.6. The molecule has 0 radical (unpaired) electrons. The normalized spacial score (nSPS) is 9.76. The van der Waals surface area contributed by atoms with Gasteiger partial charge in [0, 0.05) is 4.47 Å². The molecule has 0 aliphatic heterocycles. The fourth-order valence-corrected chi connectivity index (χ4v) is 1.46. The van der Waals surface area contributed by atoms with Gasteiger partial charge in [0.05, 0.1) is 12.7 Å². The molecule has 0 saturated heterocycles. The molecule has 0 atom stereocenters. The zero-order valence-electron chi connectivity index (χ0n) is 9.03. The van der Waals surface area contributed by atoms with Crippen molar-refractivity contribution in [3.05, 3.63) is 28.2 Å². The van der Waals surface area contributed by atoms with E-state index in [2.05, 4.69) is 26.2 Å². The quantitative estimate of drug-likeness (QED) is 0.780. The molecule has 0 aliphatic carbocycles. The van der Waals surface area contributed by atoms with E-state index in [0.29, 0.717) is 15.8 Å². The Bertz CT molecular complexity index is 436. The number of methoxy groups -OCH3 is 1. The Morgan fingerprint density at radius 1 is 1.47 bits per heavy atom. The monoisotopic (exact) mass is 302 g/mol. The van der Waals surface area contributed by atoms with Gasteiger partial charge >= 0.3 is 0 Å². The Hall–Kier alpha value is -1.60. The van der Waals surface area contributed by atoms with Gasteiger partial charge in [-0.15, -0.1) is 0 Å². The summed E-state index contributed by atoms with van der Waals surface area (Å²) < 4.78 is 5.57. The van der Waals surface area contributed by atoms with E-state index < -0.39 is 11.8 Å². The van der Waals surface area contributed by atoms with Crippen molar-refractivity contribution in [2.24, 2.45) is 5.73 Å². The number of benzene rings is 1. The Labute approximate surface area is 106 Å². The lowest BCUT2D eigenvalue weighted by molar-refractivity contribution is -0.124. The molecule has 0 heterocycles. The van der Waals surface area contributed by atoms with Crippen LogP contribution in [0.2, 0.25) is 0 Å². The van der Waals surface area contributed by atoms with Gasteiger partial charge in [-0.3, -0.25) is 14.4 Å². The van der Waals surface area contributed by atoms with Gasteiger partial charge in [0.2, 0.25) is 5.91 Å². The summed E-state index contributed by atoms with van der Waals surface area (Å²) in [6, 6.07) is 4.90. The van der Waals surface area contributed by atoms with Crippen molar-refractivity contribution in [3.63, 3.8) is 0 Å². The lowest BCUT2D eigenvalue weighted by Gasteiger charge is -2.07. The second-order valence-corrected chi connectivity index (χ2v) is 3.89. The molecule has 1 aromatic rings. The average Bonchev–Trinajstić information content (AvgIpc) is 2.29. The minimum atomic E-state index is -0.671. The minimum Gasteiger partial charge on any atom is -0.497 e. The number of carbonyl (C=O) groups excluding carboxylic acids is 2. The van der Waals surface area contributed by atoms with Gasteiger partial charge in [-0.25, -0.2) is 5.48 Å². The maximum atomic E-state index is 11.6. The predicted molar refractivity (Wildman–Crippen MR) is 63.3 cm³/mol. The molecule has 1 aromatic carbocycles. The van der Waals surface area contributed by atoms with E-state index in [1.807, 2.05) is 0 Å². The van der Waals surface area contributed by atoms with Crippen LogP contribution >= 0.6 is 15.9 Å². The minimum absolute atomic E-state index is 0.328. The van der Waals surface area contributed by atoms with Crippen LogP contribution in [-0.2, 0) is 9.63 Å². The second-order valence-electron chi connectivity index (χ2n) is 3.03. The number of primary amides is 1. The molecule has 6 nitrogen and oxygen atoms in total. The van der Waals surface area contributed by atoms with E-state index >= 15 is 0 Å². The molecule has 0 bridgehead atoms. The summed E-state index contributed by atoms with van der Waals surface area (Å²) in [5, 5.41) is 0. The number of amides is 2. The average molecular weight is 303 g/mol. The SMILES string of the molecule is COc1ccc(Br)c(C(=O)NOCC(N)=O)c1. The van der Waals surface area contributed by atoms with E-state index in [4.69, 9.17) is 10.5 Å². The number of hydrogen-bond donors (Lipinski definition) is 2. The van der Waals surface area contributed by atoms with Gasteiger partial charge in [-0.2, -0.15) is 0 Å². The van der Waals surface area contributed by atoms with Crippen LogP contribution < -0.4 is 16.0 Å². The Kier molecular flexibility index (Phi) is 4.92. The molecule has 7 heteroatoms. The number of ether oxygens (including phenoxy) is 1. The molecule has 0 aliphatic rings. The van der Waals surface area contributed by atoms with E-state index in [-0.39, 0.29) is 6.61 Å². The summed E-state index contributed by atoms with van der Waals surface area (Å²) in [5.74, 6) is -0.639. The molecule has 92 valence electrons. The van der Waals surface area contributed by atoms with Crippen molar-refractivity contribution in [2.45, 2.75) is 0 Å². The summed E-state index contributed by atoms with van der Waals surface area (Å²) >= 11 is 3.22. The van der Waals surface area contributed by atoms with Crippen molar-refractivity contribution in [1.82, 2.24) is 5.48 Å². The lowest BCUT2D eigenvalue weighted by atomic mass is 10.2. The zero-order chi connectivity index (χ0) is 12.8. The first kappa shape index (κ1) is 13.5. The van der Waals surface area contributed by atoms with Crippen LogP contribution in [0.1, 0.15) is 10.4 Å². The van der Waals surface area contributed by atoms with Crippen molar-refractivity contribution in [2.75, 3.05) is 13.7 Å². The van der Waals surface area contributed by atoms with Crippen LogP contribution in [0.15, 0.2) is 22.7 Å². The van der Waals surface area contributed by atoms with E-state index in [9.17, 15) is 9.59 Å². The Morgan fingerprint density at radius 2 is 2.18 bits per heavy atom. The molecule has 17 heavy (non-hydrogen) atoms. The number of hydrogen-bond acceptors (Lipinski definition) is 4. The molecule has 1 rings (SSSR count). The highest BCUT2D eigenvalue weighted by molar-refractivity contribution is 9.10. The van der Waals surface area contributed by atoms with Gasteiger partial charge in [0.1, 0.15) is 5.75 Å². The van der Waals surface area contributed by atoms with Crippen LogP contribution in [0.25, 0.3) is 0 Å². The summed E-state index contributed by atoms with van der Waals surface area (Å²) in [4.78, 5) is 26.6. The smallest absolute Gasteiger partial charge is 0.276 e. The summed E-state index contributed by atoms with van der Waals surface area (Å²) in [7, 11) is 1.49. The first-order valence-corrected chi connectivity index (χ1v) is 5.38. The predicted octanol–water partition coefficient (Wildman–Crippen LogP) is 0.604. The van der Waals surface area contributed by atoms with Crippen molar-refractivity contribution in [1.29, 1.82) is 0 Å². The number of nitrogens with two attached hydrogens (primary N) is 1. The molecule has 0 fully saturated rings. The highest BCUT2D eigenvalue weighted by Crippen LogP contribution is 2.22. The van der Waals surface area contributed by atoms with E-state index in [1.165, 1.54) is 13.2 Å². The standard InChI is InChI=1S/C10H11BrN2O4/c1-16-6-2-3-8(11)7(4-6)10(15)13-17-5-9(12)14/h2-4H,5H2,1H3,(H2,12,14)(H,13,15). The summed E-state index contributed by atoms with van der Waals surface area (Å²) in [6.07, 6.45) is 0. The van der Waals surface area contributed by atoms with Gasteiger partial charge in [-0.05, 0) is 34.1 Å². The first-order chi connectivity index (χ1) is 8.04. The van der Waals surface area contributed by atoms with Crippen molar-refractivity contribution >= 4 is 27.7 Å². The first-order valence-electron chi connectivity index (χ1n) is 4.58. The van der Waals surface area contributed by atoms with E-state index in [1.54, 1.807) is 12.1 Å². The third-order valence-corrected chi connectivity index (χ3v) is 2.49. The van der Waals surface area contributed by atoms with Gasteiger partial charge in [0.15, 0.2) is 6.61 Å². The Morgan fingerprint density at radius 3 is 2.76 bits per heavy atom. The molecular weight excluding hydrogens is 292 g/mol. The summed E-state index contributed by atoms with van der Waals surface area (Å²) in [6.45, 7) is -0.382. The van der Waals surface area contributed by atoms with Crippen LogP contribution in [0.3, 0.4) is 0 Å². The highest BCUT2D eigenvalue weighted by atomic mass is 79.9. The summed E-state index contributed by atoms with van der Waals surface area (Å²) in [5.41, 5.74) is 7.27. The number of hydroxylamine groups is 1. The van der Waals surface area contributed by atoms with Crippen molar-refractivity contribution in [3.8, 4) is 5.75 Å². The third-order valence-electron chi connectivity index (χ3n) is 1.80. The maximum Gasteiger partial charge on any atom is 0.276 e. The van der Waals surface area contributed by atoms with E-state index in [0.717, 1.165) is 0 Å². The van der Waals surface area contributed by atoms with Gasteiger partial charge < -0.3 is 10.5 Å². The number of rotatable bonds is 5. The number of halogens is 1. The lowest BCUT2D eigenvalue weighted by Crippen LogP contribution is -2.29. The molecule has 0 aromatic heterocycles. The van der Waals surface area contributed by atoms with Gasteiger partial charge in [-0.1, -0.05) is 0 Å². The highest BCUT2D eigenvalue weighted by Gasteiger charge is 2.11. The Balaban J connectivity index is 2.70. The molecule has 0 saturated carbocycles. The van der Waals surface area contributed by atoms with Crippen LogP contribution in [0.4, 0.5) is 0 Å². The van der Waals surface area contributed by atoms with Gasteiger partial charge in [0.25, 0.3) is 5.91 Å². The van der Waals surface area contributed by atoms with Crippen molar-refractivity contribution < 1.29 is 19.2 Å². The number of nitrogens with one attached hydrogen (secondary N) is 1. The third kappa shape index (κ3) is 4.04. The fraction of sp³-hybridized carbons (Fsp3) is 0.200. The van der Waals surface area contributed by atoms with Crippen LogP contribution in [0, 0.1) is 0 Å². The molecule has 3 N–H and O–H groups in total. The van der Waals surface area contributed by atoms with Crippen LogP contribution in [0.5, 0.6) is 5.75 Å². The topological polar surface area (TPSA) is 90.7 Å².